The molecule has 2 aromatic carbocycles. The van der Waals surface area contributed by atoms with Crippen molar-refractivity contribution in [1.29, 1.82) is 0 Å². The Kier molecular flexibility index (Phi) is 7.47. The zero-order chi connectivity index (χ0) is 21.7. The van der Waals surface area contributed by atoms with Crippen molar-refractivity contribution in [2.24, 2.45) is 5.41 Å². The summed E-state index contributed by atoms with van der Waals surface area (Å²) < 4.78 is 11.2. The highest BCUT2D eigenvalue weighted by atomic mass is 32.2. The van der Waals surface area contributed by atoms with Gasteiger partial charge in [0.25, 0.3) is 0 Å². The number of ether oxygens (including phenoxy) is 2. The van der Waals surface area contributed by atoms with Crippen LogP contribution >= 0.6 is 11.8 Å². The number of rotatable bonds is 8. The van der Waals surface area contributed by atoms with Gasteiger partial charge in [0.15, 0.2) is 11.5 Å². The number of thioether (sulfide) groups is 1. The minimum atomic E-state index is 0.433. The molecule has 0 aliphatic carbocycles. The molecule has 0 N–H and O–H groups in total. The first-order valence-electron chi connectivity index (χ1n) is 11.5. The van der Waals surface area contributed by atoms with Crippen LogP contribution in [0.5, 0.6) is 11.5 Å². The van der Waals surface area contributed by atoms with Crippen molar-refractivity contribution >= 4 is 11.8 Å². The second-order valence-corrected chi connectivity index (χ2v) is 10.3. The highest BCUT2D eigenvalue weighted by Gasteiger charge is 2.41. The molecule has 2 aromatic rings. The van der Waals surface area contributed by atoms with E-state index in [2.05, 4.69) is 53.1 Å². The van der Waals surface area contributed by atoms with Gasteiger partial charge in [0.2, 0.25) is 0 Å². The van der Waals surface area contributed by atoms with Crippen LogP contribution in [0.3, 0.4) is 0 Å². The lowest BCUT2D eigenvalue weighted by molar-refractivity contribution is 0.0859. The zero-order valence-electron chi connectivity index (χ0n) is 19.2. The first-order valence-corrected chi connectivity index (χ1v) is 12.5. The summed E-state index contributed by atoms with van der Waals surface area (Å²) in [6, 6.07) is 15.4. The van der Waals surface area contributed by atoms with E-state index < -0.39 is 0 Å². The normalized spacial score (nSPS) is 22.2. The fraction of sp³-hybridized carbons (Fsp3) is 0.538. The quantitative estimate of drug-likeness (QED) is 0.519. The molecular formula is C26H36N2O2S. The van der Waals surface area contributed by atoms with E-state index in [1.807, 2.05) is 17.8 Å². The second-order valence-electron chi connectivity index (χ2n) is 9.00. The Morgan fingerprint density at radius 3 is 2.39 bits per heavy atom. The van der Waals surface area contributed by atoms with Crippen molar-refractivity contribution in [2.75, 3.05) is 46.2 Å². The molecule has 2 saturated heterocycles. The van der Waals surface area contributed by atoms with Gasteiger partial charge in [-0.2, -0.15) is 0 Å². The van der Waals surface area contributed by atoms with Gasteiger partial charge in [0.05, 0.1) is 14.2 Å². The monoisotopic (exact) mass is 440 g/mol. The van der Waals surface area contributed by atoms with Gasteiger partial charge in [-0.25, -0.2) is 0 Å². The Morgan fingerprint density at radius 1 is 0.903 bits per heavy atom. The SMILES string of the molecule is CCSc1ccc(CN2CC[C@@]3(CCCN(Cc4cccc(OC)c4OC)C3)C2)cc1. The lowest BCUT2D eigenvalue weighted by Gasteiger charge is -2.40. The van der Waals surface area contributed by atoms with Crippen molar-refractivity contribution in [3.8, 4) is 11.5 Å². The number of para-hydroxylation sites is 1. The number of likely N-dealkylation sites (tertiary alicyclic amines) is 2. The molecule has 2 fully saturated rings. The van der Waals surface area contributed by atoms with Crippen LogP contribution in [0.4, 0.5) is 0 Å². The highest BCUT2D eigenvalue weighted by Crippen LogP contribution is 2.41. The van der Waals surface area contributed by atoms with Gasteiger partial charge >= 0.3 is 0 Å². The van der Waals surface area contributed by atoms with Gasteiger partial charge in [-0.05, 0) is 67.3 Å². The minimum Gasteiger partial charge on any atom is -0.493 e. The van der Waals surface area contributed by atoms with E-state index in [9.17, 15) is 0 Å². The van der Waals surface area contributed by atoms with Crippen LogP contribution < -0.4 is 9.47 Å². The predicted molar refractivity (Wildman–Crippen MR) is 129 cm³/mol. The molecule has 168 valence electrons. The topological polar surface area (TPSA) is 24.9 Å². The molecule has 0 bridgehead atoms. The minimum absolute atomic E-state index is 0.433. The number of nitrogens with zero attached hydrogens (tertiary/aromatic N) is 2. The Bertz CT molecular complexity index is 857. The van der Waals surface area contributed by atoms with E-state index in [0.717, 1.165) is 30.3 Å². The van der Waals surface area contributed by atoms with Gasteiger partial charge in [-0.15, -0.1) is 11.8 Å². The van der Waals surface area contributed by atoms with Crippen LogP contribution in [-0.2, 0) is 13.1 Å². The Morgan fingerprint density at radius 2 is 1.68 bits per heavy atom. The van der Waals surface area contributed by atoms with Gasteiger partial charge < -0.3 is 9.47 Å². The molecule has 31 heavy (non-hydrogen) atoms. The number of hydrogen-bond donors (Lipinski definition) is 0. The lowest BCUT2D eigenvalue weighted by Crippen LogP contribution is -2.44. The van der Waals surface area contributed by atoms with Gasteiger partial charge in [-0.1, -0.05) is 31.2 Å². The average Bonchev–Trinajstić information content (AvgIpc) is 3.16. The molecule has 2 aliphatic heterocycles. The summed E-state index contributed by atoms with van der Waals surface area (Å²) in [7, 11) is 3.45. The van der Waals surface area contributed by atoms with E-state index in [4.69, 9.17) is 9.47 Å². The molecule has 0 amide bonds. The number of benzene rings is 2. The van der Waals surface area contributed by atoms with Gasteiger partial charge in [0.1, 0.15) is 0 Å². The smallest absolute Gasteiger partial charge is 0.165 e. The molecule has 2 heterocycles. The molecular weight excluding hydrogens is 404 g/mol. The molecule has 4 nitrogen and oxygen atoms in total. The summed E-state index contributed by atoms with van der Waals surface area (Å²) in [4.78, 5) is 6.67. The third-order valence-corrected chi connectivity index (χ3v) is 7.67. The summed E-state index contributed by atoms with van der Waals surface area (Å²) >= 11 is 1.91. The average molecular weight is 441 g/mol. The third kappa shape index (κ3) is 5.39. The molecule has 4 rings (SSSR count). The molecule has 0 aromatic heterocycles. The maximum Gasteiger partial charge on any atom is 0.165 e. The molecule has 0 unspecified atom stereocenters. The first-order chi connectivity index (χ1) is 15.1. The predicted octanol–water partition coefficient (Wildman–Crippen LogP) is 5.30. The van der Waals surface area contributed by atoms with E-state index in [-0.39, 0.29) is 0 Å². The van der Waals surface area contributed by atoms with Gasteiger partial charge in [0, 0.05) is 36.6 Å². The van der Waals surface area contributed by atoms with E-state index >= 15 is 0 Å². The number of piperidine rings is 1. The van der Waals surface area contributed by atoms with Crippen LogP contribution in [0.1, 0.15) is 37.3 Å². The van der Waals surface area contributed by atoms with Crippen LogP contribution in [-0.4, -0.2) is 56.0 Å². The van der Waals surface area contributed by atoms with E-state index in [0.29, 0.717) is 5.41 Å². The Hall–Kier alpha value is -1.69. The van der Waals surface area contributed by atoms with Crippen molar-refractivity contribution in [3.63, 3.8) is 0 Å². The lowest BCUT2D eigenvalue weighted by atomic mass is 9.79. The van der Waals surface area contributed by atoms with E-state index in [1.54, 1.807) is 14.2 Å². The maximum atomic E-state index is 5.67. The zero-order valence-corrected chi connectivity index (χ0v) is 20.0. The fourth-order valence-corrected chi connectivity index (χ4v) is 6.04. The summed E-state index contributed by atoms with van der Waals surface area (Å²) in [5, 5.41) is 0. The van der Waals surface area contributed by atoms with Gasteiger partial charge in [-0.3, -0.25) is 9.80 Å². The largest absolute Gasteiger partial charge is 0.493 e. The summed E-state index contributed by atoms with van der Waals surface area (Å²) in [6.45, 7) is 8.97. The molecule has 1 spiro atoms. The van der Waals surface area contributed by atoms with Crippen LogP contribution in [0, 0.1) is 5.41 Å². The Balaban J connectivity index is 1.37. The third-order valence-electron chi connectivity index (χ3n) is 6.78. The number of methoxy groups -OCH3 is 2. The van der Waals surface area contributed by atoms with E-state index in [1.165, 1.54) is 61.5 Å². The summed E-state index contributed by atoms with van der Waals surface area (Å²) in [5.74, 6) is 2.83. The summed E-state index contributed by atoms with van der Waals surface area (Å²) in [6.07, 6.45) is 3.94. The molecule has 0 radical (unpaired) electrons. The van der Waals surface area contributed by atoms with Crippen molar-refractivity contribution in [1.82, 2.24) is 9.80 Å². The number of hydrogen-bond acceptors (Lipinski definition) is 5. The first kappa shape index (κ1) is 22.5. The standard InChI is InChI=1S/C26H36N2O2S/c1-4-31-23-11-9-21(10-12-23)17-28-16-14-26(20-28)13-6-15-27(19-26)18-22-7-5-8-24(29-2)25(22)30-3/h5,7-12H,4,6,13-20H2,1-3H3/t26-/m1/s1. The Labute approximate surface area is 191 Å². The molecule has 5 heteroatoms. The fourth-order valence-electron chi connectivity index (χ4n) is 5.38. The van der Waals surface area contributed by atoms with Crippen molar-refractivity contribution < 1.29 is 9.47 Å². The van der Waals surface area contributed by atoms with Crippen molar-refractivity contribution in [2.45, 2.75) is 44.2 Å². The maximum absolute atomic E-state index is 5.67. The van der Waals surface area contributed by atoms with Crippen LogP contribution in [0.2, 0.25) is 0 Å². The van der Waals surface area contributed by atoms with Crippen LogP contribution in [0.25, 0.3) is 0 Å². The molecule has 0 saturated carbocycles. The molecule has 2 aliphatic rings. The highest BCUT2D eigenvalue weighted by molar-refractivity contribution is 7.99. The molecule has 1 atom stereocenters. The van der Waals surface area contributed by atoms with Crippen LogP contribution in [0.15, 0.2) is 47.4 Å². The van der Waals surface area contributed by atoms with Crippen molar-refractivity contribution in [3.05, 3.63) is 53.6 Å². The second kappa shape index (κ2) is 10.3. The summed E-state index contributed by atoms with van der Waals surface area (Å²) in [5.41, 5.74) is 3.09.